The SMILES string of the molecule is CCOCc1cc(C(=O)NCc2ccccc2C)ccc1OC. The van der Waals surface area contributed by atoms with Crippen molar-refractivity contribution >= 4 is 5.91 Å². The molecule has 0 aliphatic carbocycles. The van der Waals surface area contributed by atoms with Crippen LogP contribution in [0.1, 0.15) is 34.0 Å². The molecule has 2 aromatic rings. The first kappa shape index (κ1) is 17.0. The molecular weight excluding hydrogens is 290 g/mol. The average molecular weight is 313 g/mol. The molecule has 1 amide bonds. The Balaban J connectivity index is 2.08. The van der Waals surface area contributed by atoms with Crippen LogP contribution in [0.3, 0.4) is 0 Å². The Hall–Kier alpha value is -2.33. The van der Waals surface area contributed by atoms with Crippen molar-refractivity contribution in [1.82, 2.24) is 5.32 Å². The lowest BCUT2D eigenvalue weighted by Crippen LogP contribution is -2.23. The zero-order valence-electron chi connectivity index (χ0n) is 13.9. The summed E-state index contributed by atoms with van der Waals surface area (Å²) in [5, 5.41) is 2.96. The third-order valence-electron chi connectivity index (χ3n) is 3.70. The summed E-state index contributed by atoms with van der Waals surface area (Å²) < 4.78 is 10.7. The summed E-state index contributed by atoms with van der Waals surface area (Å²) in [6.07, 6.45) is 0. The first-order valence-electron chi connectivity index (χ1n) is 7.73. The van der Waals surface area contributed by atoms with Crippen molar-refractivity contribution < 1.29 is 14.3 Å². The Morgan fingerprint density at radius 1 is 1.13 bits per heavy atom. The van der Waals surface area contributed by atoms with E-state index in [1.54, 1.807) is 19.2 Å². The van der Waals surface area contributed by atoms with Crippen molar-refractivity contribution in [2.75, 3.05) is 13.7 Å². The summed E-state index contributed by atoms with van der Waals surface area (Å²) in [5.41, 5.74) is 3.76. The van der Waals surface area contributed by atoms with Crippen LogP contribution in [0, 0.1) is 6.92 Å². The fourth-order valence-corrected chi connectivity index (χ4v) is 2.33. The van der Waals surface area contributed by atoms with Gasteiger partial charge in [-0.15, -0.1) is 0 Å². The van der Waals surface area contributed by atoms with E-state index < -0.39 is 0 Å². The molecule has 0 aliphatic rings. The van der Waals surface area contributed by atoms with Crippen LogP contribution in [0.5, 0.6) is 5.75 Å². The van der Waals surface area contributed by atoms with Gasteiger partial charge < -0.3 is 14.8 Å². The molecular formula is C19H23NO3. The lowest BCUT2D eigenvalue weighted by atomic mass is 10.1. The molecule has 0 saturated heterocycles. The van der Waals surface area contributed by atoms with E-state index in [2.05, 4.69) is 5.32 Å². The zero-order chi connectivity index (χ0) is 16.7. The van der Waals surface area contributed by atoms with E-state index in [1.165, 1.54) is 5.56 Å². The minimum atomic E-state index is -0.103. The molecule has 2 rings (SSSR count). The van der Waals surface area contributed by atoms with Crippen LogP contribution in [0.25, 0.3) is 0 Å². The number of hydrogen-bond acceptors (Lipinski definition) is 3. The van der Waals surface area contributed by atoms with E-state index in [-0.39, 0.29) is 5.91 Å². The van der Waals surface area contributed by atoms with Gasteiger partial charge in [0.2, 0.25) is 0 Å². The van der Waals surface area contributed by atoms with E-state index in [0.717, 1.165) is 16.9 Å². The highest BCUT2D eigenvalue weighted by Crippen LogP contribution is 2.21. The van der Waals surface area contributed by atoms with Gasteiger partial charge in [-0.1, -0.05) is 24.3 Å². The van der Waals surface area contributed by atoms with Crippen LogP contribution in [0.2, 0.25) is 0 Å². The highest BCUT2D eigenvalue weighted by Gasteiger charge is 2.10. The number of hydrogen-bond donors (Lipinski definition) is 1. The highest BCUT2D eigenvalue weighted by molar-refractivity contribution is 5.94. The number of carbonyl (C=O) groups is 1. The summed E-state index contributed by atoms with van der Waals surface area (Å²) in [5.74, 6) is 0.627. The Bertz CT molecular complexity index is 667. The Labute approximate surface area is 137 Å². The summed E-state index contributed by atoms with van der Waals surface area (Å²) in [6, 6.07) is 13.4. The molecule has 2 aromatic carbocycles. The standard InChI is InChI=1S/C19H23NO3/c1-4-23-13-17-11-15(9-10-18(17)22-3)19(21)20-12-16-8-6-5-7-14(16)2/h5-11H,4,12-13H2,1-3H3,(H,20,21). The maximum atomic E-state index is 12.4. The van der Waals surface area contributed by atoms with Crippen LogP contribution in [0.15, 0.2) is 42.5 Å². The van der Waals surface area contributed by atoms with Gasteiger partial charge in [0.15, 0.2) is 0 Å². The molecule has 0 saturated carbocycles. The molecule has 0 bridgehead atoms. The normalized spacial score (nSPS) is 10.4. The minimum Gasteiger partial charge on any atom is -0.496 e. The Morgan fingerprint density at radius 3 is 2.61 bits per heavy atom. The number of aryl methyl sites for hydroxylation is 1. The molecule has 4 nitrogen and oxygen atoms in total. The second-order valence-electron chi connectivity index (χ2n) is 5.27. The molecule has 0 aliphatic heterocycles. The first-order chi connectivity index (χ1) is 11.2. The van der Waals surface area contributed by atoms with Crippen LogP contribution >= 0.6 is 0 Å². The highest BCUT2D eigenvalue weighted by atomic mass is 16.5. The number of ether oxygens (including phenoxy) is 2. The fraction of sp³-hybridized carbons (Fsp3) is 0.316. The quantitative estimate of drug-likeness (QED) is 0.851. The number of amides is 1. The van der Waals surface area contributed by atoms with Crippen molar-refractivity contribution in [3.63, 3.8) is 0 Å². The molecule has 4 heteroatoms. The average Bonchev–Trinajstić information content (AvgIpc) is 2.58. The second-order valence-corrected chi connectivity index (χ2v) is 5.27. The van der Waals surface area contributed by atoms with E-state index in [9.17, 15) is 4.79 Å². The maximum Gasteiger partial charge on any atom is 0.251 e. The fourth-order valence-electron chi connectivity index (χ4n) is 2.33. The smallest absolute Gasteiger partial charge is 0.251 e. The largest absolute Gasteiger partial charge is 0.496 e. The van der Waals surface area contributed by atoms with Gasteiger partial charge in [-0.2, -0.15) is 0 Å². The van der Waals surface area contributed by atoms with E-state index in [4.69, 9.17) is 9.47 Å². The van der Waals surface area contributed by atoms with Gasteiger partial charge >= 0.3 is 0 Å². The second kappa shape index (κ2) is 8.34. The van der Waals surface area contributed by atoms with Gasteiger partial charge in [0.25, 0.3) is 5.91 Å². The molecule has 0 fully saturated rings. The third-order valence-corrected chi connectivity index (χ3v) is 3.70. The van der Waals surface area contributed by atoms with Gasteiger partial charge in [0, 0.05) is 24.3 Å². The maximum absolute atomic E-state index is 12.4. The summed E-state index contributed by atoms with van der Waals surface area (Å²) in [6.45, 7) is 5.53. The van der Waals surface area contributed by atoms with E-state index in [0.29, 0.717) is 25.3 Å². The van der Waals surface area contributed by atoms with Gasteiger partial charge in [-0.05, 0) is 43.2 Å². The number of benzene rings is 2. The van der Waals surface area contributed by atoms with Gasteiger partial charge in [0.1, 0.15) is 5.75 Å². The topological polar surface area (TPSA) is 47.6 Å². The number of methoxy groups -OCH3 is 1. The summed E-state index contributed by atoms with van der Waals surface area (Å²) >= 11 is 0. The predicted octanol–water partition coefficient (Wildman–Crippen LogP) is 3.47. The van der Waals surface area contributed by atoms with Crippen molar-refractivity contribution in [2.45, 2.75) is 27.0 Å². The van der Waals surface area contributed by atoms with Crippen LogP contribution in [0.4, 0.5) is 0 Å². The van der Waals surface area contributed by atoms with Crippen molar-refractivity contribution in [3.05, 3.63) is 64.7 Å². The van der Waals surface area contributed by atoms with Gasteiger partial charge in [0.05, 0.1) is 13.7 Å². The third kappa shape index (κ3) is 4.57. The molecule has 0 spiro atoms. The number of rotatable bonds is 7. The van der Waals surface area contributed by atoms with E-state index >= 15 is 0 Å². The van der Waals surface area contributed by atoms with E-state index in [1.807, 2.05) is 44.2 Å². The monoisotopic (exact) mass is 313 g/mol. The number of carbonyl (C=O) groups excluding carboxylic acids is 1. The lowest BCUT2D eigenvalue weighted by molar-refractivity contribution is 0.0950. The Kier molecular flexibility index (Phi) is 6.18. The molecule has 0 aromatic heterocycles. The first-order valence-corrected chi connectivity index (χ1v) is 7.73. The molecule has 1 N–H and O–H groups in total. The molecule has 23 heavy (non-hydrogen) atoms. The number of nitrogens with one attached hydrogen (secondary N) is 1. The van der Waals surface area contributed by atoms with Crippen LogP contribution < -0.4 is 10.1 Å². The summed E-state index contributed by atoms with van der Waals surface area (Å²) in [7, 11) is 1.61. The summed E-state index contributed by atoms with van der Waals surface area (Å²) in [4.78, 5) is 12.4. The lowest BCUT2D eigenvalue weighted by Gasteiger charge is -2.12. The van der Waals surface area contributed by atoms with Gasteiger partial charge in [-0.25, -0.2) is 0 Å². The van der Waals surface area contributed by atoms with Gasteiger partial charge in [-0.3, -0.25) is 4.79 Å². The molecule has 0 atom stereocenters. The van der Waals surface area contributed by atoms with Crippen molar-refractivity contribution in [1.29, 1.82) is 0 Å². The zero-order valence-corrected chi connectivity index (χ0v) is 13.9. The van der Waals surface area contributed by atoms with Crippen molar-refractivity contribution in [3.8, 4) is 5.75 Å². The molecule has 0 radical (unpaired) electrons. The van der Waals surface area contributed by atoms with Crippen LogP contribution in [-0.4, -0.2) is 19.6 Å². The predicted molar refractivity (Wildman–Crippen MR) is 90.7 cm³/mol. The Morgan fingerprint density at radius 2 is 1.91 bits per heavy atom. The van der Waals surface area contributed by atoms with Crippen molar-refractivity contribution in [2.24, 2.45) is 0 Å². The molecule has 0 unspecified atom stereocenters. The van der Waals surface area contributed by atoms with Crippen LogP contribution in [-0.2, 0) is 17.9 Å². The molecule has 122 valence electrons. The minimum absolute atomic E-state index is 0.103. The molecule has 0 heterocycles.